The lowest BCUT2D eigenvalue weighted by atomic mass is 9.95. The molecule has 1 atom stereocenters. The summed E-state index contributed by atoms with van der Waals surface area (Å²) in [5.41, 5.74) is 9.45. The summed E-state index contributed by atoms with van der Waals surface area (Å²) >= 11 is 6.37. The van der Waals surface area contributed by atoms with Gasteiger partial charge in [-0.3, -0.25) is 4.79 Å². The number of anilines is 1. The number of carbonyl (C=O) groups excluding carboxylic acids is 1. The smallest absolute Gasteiger partial charge is 0.248 e. The van der Waals surface area contributed by atoms with Gasteiger partial charge in [0.25, 0.3) is 0 Å². The molecule has 7 nitrogen and oxygen atoms in total. The van der Waals surface area contributed by atoms with Crippen LogP contribution in [0.25, 0.3) is 11.4 Å². The van der Waals surface area contributed by atoms with Crippen molar-refractivity contribution in [3.63, 3.8) is 0 Å². The average molecular weight is 472 g/mol. The van der Waals surface area contributed by atoms with Crippen molar-refractivity contribution in [1.82, 2.24) is 14.8 Å². The molecule has 4 aromatic rings. The zero-order valence-corrected chi connectivity index (χ0v) is 19.2. The number of fused-ring (bicyclic) bond motifs is 1. The van der Waals surface area contributed by atoms with Crippen LogP contribution < -0.4 is 15.8 Å². The van der Waals surface area contributed by atoms with Crippen LogP contribution in [0.4, 0.5) is 5.95 Å². The Morgan fingerprint density at radius 1 is 1.06 bits per heavy atom. The van der Waals surface area contributed by atoms with Crippen LogP contribution in [0.15, 0.2) is 90.1 Å². The van der Waals surface area contributed by atoms with E-state index in [4.69, 9.17) is 27.2 Å². The first-order valence-electron chi connectivity index (χ1n) is 10.8. The van der Waals surface area contributed by atoms with E-state index in [0.717, 1.165) is 16.9 Å². The first kappa shape index (κ1) is 21.7. The molecule has 5 rings (SSSR count). The van der Waals surface area contributed by atoms with Crippen LogP contribution in [0.2, 0.25) is 5.02 Å². The van der Waals surface area contributed by atoms with Crippen LogP contribution in [0, 0.1) is 0 Å². The maximum absolute atomic E-state index is 12.4. The molecule has 8 heteroatoms. The van der Waals surface area contributed by atoms with Crippen molar-refractivity contribution < 1.29 is 9.53 Å². The van der Waals surface area contributed by atoms with Gasteiger partial charge in [0.05, 0.1) is 10.6 Å². The second-order valence-electron chi connectivity index (χ2n) is 7.96. The fourth-order valence-electron chi connectivity index (χ4n) is 4.02. The molecule has 1 aliphatic rings. The van der Waals surface area contributed by atoms with Gasteiger partial charge in [0.2, 0.25) is 11.9 Å². The number of primary amides is 1. The van der Waals surface area contributed by atoms with E-state index < -0.39 is 11.9 Å². The second kappa shape index (κ2) is 9.03. The third kappa shape index (κ3) is 4.13. The second-order valence-corrected chi connectivity index (χ2v) is 8.36. The van der Waals surface area contributed by atoms with Crippen LogP contribution in [0.3, 0.4) is 0 Å². The number of nitrogens with one attached hydrogen (secondary N) is 1. The van der Waals surface area contributed by atoms with Gasteiger partial charge < -0.3 is 15.8 Å². The first-order valence-corrected chi connectivity index (χ1v) is 11.1. The highest BCUT2D eigenvalue weighted by molar-refractivity contribution is 6.33. The topological polar surface area (TPSA) is 95.1 Å². The monoisotopic (exact) mass is 471 g/mol. The SMILES string of the molecule is CC1=C(C(N)=O)[C@@H](c2ccc(OCc3ccccc3)cc2)n2nc(-c3ccccc3Cl)nc2N1. The number of allylic oxidation sites excluding steroid dienone is 1. The lowest BCUT2D eigenvalue weighted by Crippen LogP contribution is -2.31. The van der Waals surface area contributed by atoms with E-state index >= 15 is 0 Å². The first-order chi connectivity index (χ1) is 16.5. The van der Waals surface area contributed by atoms with Crippen LogP contribution in [-0.4, -0.2) is 20.7 Å². The standard InChI is InChI=1S/C26H22ClN5O2/c1-16-22(24(28)33)23(18-11-13-19(14-12-18)34-15-17-7-3-2-4-8-17)32-26(29-16)30-25(31-32)20-9-5-6-10-21(20)27/h2-14,23H,15H2,1H3,(H2,28,33)(H,29,30,31)/t23-/m1/s1. The van der Waals surface area contributed by atoms with E-state index in [1.54, 1.807) is 17.7 Å². The zero-order valence-electron chi connectivity index (χ0n) is 18.4. The molecule has 34 heavy (non-hydrogen) atoms. The molecule has 1 amide bonds. The molecule has 0 saturated heterocycles. The summed E-state index contributed by atoms with van der Waals surface area (Å²) in [6, 6.07) is 24.3. The minimum Gasteiger partial charge on any atom is -0.489 e. The van der Waals surface area contributed by atoms with Gasteiger partial charge in [0.15, 0.2) is 5.82 Å². The van der Waals surface area contributed by atoms with E-state index in [0.29, 0.717) is 40.2 Å². The summed E-state index contributed by atoms with van der Waals surface area (Å²) in [4.78, 5) is 17.1. The van der Waals surface area contributed by atoms with Gasteiger partial charge in [0, 0.05) is 11.3 Å². The summed E-state index contributed by atoms with van der Waals surface area (Å²) in [6.45, 7) is 2.27. The molecule has 3 N–H and O–H groups in total. The fraction of sp³-hybridized carbons (Fsp3) is 0.115. The lowest BCUT2D eigenvalue weighted by molar-refractivity contribution is -0.115. The molecule has 0 spiro atoms. The summed E-state index contributed by atoms with van der Waals surface area (Å²) in [7, 11) is 0. The van der Waals surface area contributed by atoms with Crippen LogP contribution in [0.5, 0.6) is 5.75 Å². The third-order valence-electron chi connectivity index (χ3n) is 5.68. The summed E-state index contributed by atoms with van der Waals surface area (Å²) in [5, 5.41) is 8.38. The number of ether oxygens (including phenoxy) is 1. The molecule has 2 heterocycles. The third-order valence-corrected chi connectivity index (χ3v) is 6.01. The van der Waals surface area contributed by atoms with E-state index in [-0.39, 0.29) is 0 Å². The fourth-order valence-corrected chi connectivity index (χ4v) is 4.24. The van der Waals surface area contributed by atoms with Crippen LogP contribution >= 0.6 is 11.6 Å². The molecule has 3 aromatic carbocycles. The molecule has 170 valence electrons. The van der Waals surface area contributed by atoms with E-state index in [9.17, 15) is 4.79 Å². The van der Waals surface area contributed by atoms with Crippen LogP contribution in [0.1, 0.15) is 24.1 Å². The van der Waals surface area contributed by atoms with Gasteiger partial charge in [-0.1, -0.05) is 66.2 Å². The van der Waals surface area contributed by atoms with Gasteiger partial charge in [0.1, 0.15) is 18.4 Å². The Hall–Kier alpha value is -4.10. The predicted octanol–water partition coefficient (Wildman–Crippen LogP) is 4.95. The maximum atomic E-state index is 12.4. The Balaban J connectivity index is 1.49. The van der Waals surface area contributed by atoms with Crippen molar-refractivity contribution >= 4 is 23.5 Å². The molecule has 1 aromatic heterocycles. The van der Waals surface area contributed by atoms with Crippen molar-refractivity contribution in [1.29, 1.82) is 0 Å². The molecular weight excluding hydrogens is 450 g/mol. The molecular formula is C26H22ClN5O2. The highest BCUT2D eigenvalue weighted by Crippen LogP contribution is 2.37. The minimum atomic E-state index is -0.541. The molecule has 0 aliphatic carbocycles. The quantitative estimate of drug-likeness (QED) is 0.414. The molecule has 0 radical (unpaired) electrons. The maximum Gasteiger partial charge on any atom is 0.248 e. The van der Waals surface area contributed by atoms with E-state index in [1.807, 2.05) is 72.8 Å². The van der Waals surface area contributed by atoms with Gasteiger partial charge in [-0.25, -0.2) is 4.68 Å². The molecule has 0 saturated carbocycles. The van der Waals surface area contributed by atoms with Gasteiger partial charge in [-0.2, -0.15) is 4.98 Å². The van der Waals surface area contributed by atoms with Gasteiger partial charge >= 0.3 is 0 Å². The number of amides is 1. The lowest BCUT2D eigenvalue weighted by Gasteiger charge is -2.27. The number of benzene rings is 3. The molecule has 0 fully saturated rings. The minimum absolute atomic E-state index is 0.418. The summed E-state index contributed by atoms with van der Waals surface area (Å²) < 4.78 is 7.58. The zero-order chi connectivity index (χ0) is 23.7. The number of hydrogen-bond acceptors (Lipinski definition) is 5. The predicted molar refractivity (Wildman–Crippen MR) is 131 cm³/mol. The van der Waals surface area contributed by atoms with Crippen molar-refractivity contribution in [2.75, 3.05) is 5.32 Å². The Labute approximate surface area is 201 Å². The summed E-state index contributed by atoms with van der Waals surface area (Å²) in [6.07, 6.45) is 0. The van der Waals surface area contributed by atoms with Crippen molar-refractivity contribution in [3.8, 4) is 17.1 Å². The highest BCUT2D eigenvalue weighted by Gasteiger charge is 2.33. The highest BCUT2D eigenvalue weighted by atomic mass is 35.5. The molecule has 0 unspecified atom stereocenters. The van der Waals surface area contributed by atoms with Gasteiger partial charge in [-0.05, 0) is 42.3 Å². The Bertz CT molecular complexity index is 1380. The molecule has 1 aliphatic heterocycles. The Kier molecular flexibility index (Phi) is 5.77. The van der Waals surface area contributed by atoms with Gasteiger partial charge in [-0.15, -0.1) is 5.10 Å². The Morgan fingerprint density at radius 2 is 1.76 bits per heavy atom. The summed E-state index contributed by atoms with van der Waals surface area (Å²) in [5.74, 6) is 1.16. The largest absolute Gasteiger partial charge is 0.489 e. The number of halogens is 1. The van der Waals surface area contributed by atoms with E-state index in [2.05, 4.69) is 10.3 Å². The average Bonchev–Trinajstić information content (AvgIpc) is 3.26. The number of rotatable bonds is 6. The van der Waals surface area contributed by atoms with E-state index in [1.165, 1.54) is 0 Å². The van der Waals surface area contributed by atoms with Crippen LogP contribution in [-0.2, 0) is 11.4 Å². The Morgan fingerprint density at radius 3 is 2.47 bits per heavy atom. The van der Waals surface area contributed by atoms with Crippen molar-refractivity contribution in [2.45, 2.75) is 19.6 Å². The van der Waals surface area contributed by atoms with Crippen molar-refractivity contribution in [2.24, 2.45) is 5.73 Å². The van der Waals surface area contributed by atoms with Crippen molar-refractivity contribution in [3.05, 3.63) is 106 Å². The number of nitrogens with zero attached hydrogens (tertiary/aromatic N) is 3. The number of hydrogen-bond donors (Lipinski definition) is 2. The number of carbonyl (C=O) groups is 1. The normalized spacial score (nSPS) is 14.9. The number of nitrogens with two attached hydrogens (primary N) is 1. The number of aromatic nitrogens is 3. The molecule has 0 bridgehead atoms.